The molecule has 0 saturated heterocycles. The van der Waals surface area contributed by atoms with E-state index in [0.29, 0.717) is 0 Å². The van der Waals surface area contributed by atoms with E-state index in [1.807, 2.05) is 0 Å². The number of carbonyl (C=O) groups is 2. The summed E-state index contributed by atoms with van der Waals surface area (Å²) in [6.07, 6.45) is 2.34. The van der Waals surface area contributed by atoms with Crippen molar-refractivity contribution in [1.29, 1.82) is 0 Å². The topological polar surface area (TPSA) is 191 Å². The van der Waals surface area contributed by atoms with Crippen molar-refractivity contribution in [3.05, 3.63) is 81.6 Å². The van der Waals surface area contributed by atoms with E-state index >= 15 is 0 Å². The molecule has 39 heavy (non-hydrogen) atoms. The van der Waals surface area contributed by atoms with Crippen LogP contribution in [0.5, 0.6) is 11.5 Å². The number of rotatable bonds is 5. The number of phenolic OH excluding ortho intramolecular Hbond substituents is 1. The first-order chi connectivity index (χ1) is 18.5. The zero-order chi connectivity index (χ0) is 28.7. The number of carbonyl (C=O) groups excluding carboxylic acids is 2. The Balaban J connectivity index is 0.000000216. The van der Waals surface area contributed by atoms with Crippen molar-refractivity contribution in [3.63, 3.8) is 0 Å². The van der Waals surface area contributed by atoms with Crippen LogP contribution in [0, 0.1) is 11.6 Å². The highest BCUT2D eigenvalue weighted by molar-refractivity contribution is 9.10. The lowest BCUT2D eigenvalue weighted by Gasteiger charge is -2.09. The number of halogens is 4. The van der Waals surface area contributed by atoms with Crippen molar-refractivity contribution in [2.24, 2.45) is 0 Å². The zero-order valence-corrected chi connectivity index (χ0v) is 22.1. The van der Waals surface area contributed by atoms with Crippen LogP contribution >= 0.6 is 27.5 Å². The Kier molecular flexibility index (Phi) is 9.46. The van der Waals surface area contributed by atoms with Crippen molar-refractivity contribution >= 4 is 62.4 Å². The second-order valence-corrected chi connectivity index (χ2v) is 8.44. The quantitative estimate of drug-likeness (QED) is 0.203. The summed E-state index contributed by atoms with van der Waals surface area (Å²) in [7, 11) is 1.39. The Morgan fingerprint density at radius 1 is 0.872 bits per heavy atom. The molecule has 2 amide bonds. The molecule has 0 saturated carbocycles. The minimum absolute atomic E-state index is 0.0139. The first kappa shape index (κ1) is 28.9. The fraction of sp³-hybridized carbons (Fsp3) is 0.0435. The minimum Gasteiger partial charge on any atom is -0.508 e. The number of benzene rings is 2. The van der Waals surface area contributed by atoms with Gasteiger partial charge in [-0.05, 0) is 28.1 Å². The van der Waals surface area contributed by atoms with Gasteiger partial charge < -0.3 is 31.9 Å². The Bertz CT molecular complexity index is 1490. The van der Waals surface area contributed by atoms with Gasteiger partial charge in [0.1, 0.15) is 68.3 Å². The normalized spacial score (nSPS) is 10.2. The number of hydrogen-bond donors (Lipinski definition) is 5. The fourth-order valence-corrected chi connectivity index (χ4v) is 3.66. The molecule has 7 N–H and O–H groups in total. The van der Waals surface area contributed by atoms with Crippen molar-refractivity contribution in [2.75, 3.05) is 29.2 Å². The number of nitrogen functional groups attached to an aromatic ring is 2. The Morgan fingerprint density at radius 3 is 1.97 bits per heavy atom. The highest BCUT2D eigenvalue weighted by Gasteiger charge is 2.18. The van der Waals surface area contributed by atoms with Crippen molar-refractivity contribution in [1.82, 2.24) is 19.9 Å². The predicted molar refractivity (Wildman–Crippen MR) is 143 cm³/mol. The number of nitrogens with two attached hydrogens (primary N) is 2. The van der Waals surface area contributed by atoms with E-state index in [1.54, 1.807) is 0 Å². The van der Waals surface area contributed by atoms with Crippen molar-refractivity contribution in [3.8, 4) is 11.5 Å². The van der Waals surface area contributed by atoms with E-state index in [-0.39, 0.29) is 55.4 Å². The molecule has 202 valence electrons. The molecule has 2 aromatic heterocycles. The molecule has 0 bridgehead atoms. The van der Waals surface area contributed by atoms with E-state index in [9.17, 15) is 23.5 Å². The molecule has 4 aromatic rings. The Morgan fingerprint density at radius 2 is 1.41 bits per heavy atom. The minimum atomic E-state index is -0.674. The van der Waals surface area contributed by atoms with Gasteiger partial charge in [-0.15, -0.1) is 0 Å². The summed E-state index contributed by atoms with van der Waals surface area (Å²) in [4.78, 5) is 38.8. The highest BCUT2D eigenvalue weighted by atomic mass is 79.9. The maximum atomic E-state index is 13.3. The number of aromatic nitrogens is 4. The third kappa shape index (κ3) is 7.68. The summed E-state index contributed by atoms with van der Waals surface area (Å²) >= 11 is 8.86. The van der Waals surface area contributed by atoms with Gasteiger partial charge in [-0.1, -0.05) is 11.6 Å². The van der Waals surface area contributed by atoms with Gasteiger partial charge in [-0.2, -0.15) is 0 Å². The number of phenols is 1. The van der Waals surface area contributed by atoms with Crippen LogP contribution in [0.4, 0.5) is 31.8 Å². The molecule has 2 aromatic carbocycles. The van der Waals surface area contributed by atoms with Crippen LogP contribution in [-0.4, -0.2) is 44.0 Å². The molecule has 4 rings (SSSR count). The number of hydrogen-bond acceptors (Lipinski definition) is 10. The van der Waals surface area contributed by atoms with E-state index in [4.69, 9.17) is 27.8 Å². The summed E-state index contributed by atoms with van der Waals surface area (Å²) < 4.78 is 31.5. The summed E-state index contributed by atoms with van der Waals surface area (Å²) in [5, 5.41) is 14.0. The third-order valence-corrected chi connectivity index (χ3v) is 5.51. The largest absolute Gasteiger partial charge is 0.508 e. The van der Waals surface area contributed by atoms with Crippen LogP contribution in [-0.2, 0) is 0 Å². The van der Waals surface area contributed by atoms with Crippen molar-refractivity contribution < 1.29 is 28.2 Å². The molecule has 0 fully saturated rings. The average molecular weight is 624 g/mol. The molecular weight excluding hydrogens is 606 g/mol. The maximum Gasteiger partial charge on any atom is 0.262 e. The molecule has 0 aliphatic rings. The van der Waals surface area contributed by atoms with Gasteiger partial charge in [0.05, 0.1) is 7.11 Å². The van der Waals surface area contributed by atoms with Crippen molar-refractivity contribution in [2.45, 2.75) is 0 Å². The number of nitrogens with zero attached hydrogens (tertiary/aromatic N) is 4. The van der Waals surface area contributed by atoms with Gasteiger partial charge in [0, 0.05) is 35.6 Å². The van der Waals surface area contributed by atoms with E-state index in [2.05, 4.69) is 46.5 Å². The van der Waals surface area contributed by atoms with Crippen LogP contribution in [0.2, 0.25) is 5.15 Å². The number of ether oxygens (including phenoxy) is 1. The second kappa shape index (κ2) is 12.7. The molecular formula is C23H18BrClF2N8O4. The summed E-state index contributed by atoms with van der Waals surface area (Å²) in [6, 6.07) is 6.96. The predicted octanol–water partition coefficient (Wildman–Crippen LogP) is 4.03. The maximum absolute atomic E-state index is 13.3. The van der Waals surface area contributed by atoms with Crippen LogP contribution in [0.1, 0.15) is 20.7 Å². The molecule has 0 radical (unpaired) electrons. The van der Waals surface area contributed by atoms with Gasteiger partial charge in [0.15, 0.2) is 0 Å². The third-order valence-electron chi connectivity index (χ3n) is 4.62. The van der Waals surface area contributed by atoms with Gasteiger partial charge in [0.2, 0.25) is 0 Å². The Labute approximate surface area is 232 Å². The average Bonchev–Trinajstić information content (AvgIpc) is 2.83. The molecule has 12 nitrogen and oxygen atoms in total. The monoisotopic (exact) mass is 622 g/mol. The lowest BCUT2D eigenvalue weighted by atomic mass is 10.2. The van der Waals surface area contributed by atoms with Gasteiger partial charge in [-0.3, -0.25) is 9.59 Å². The number of nitrogens with one attached hydrogen (secondary N) is 2. The molecule has 0 unspecified atom stereocenters. The highest BCUT2D eigenvalue weighted by Crippen LogP contribution is 2.24. The zero-order valence-electron chi connectivity index (χ0n) is 19.7. The van der Waals surface area contributed by atoms with E-state index < -0.39 is 23.4 Å². The van der Waals surface area contributed by atoms with E-state index in [1.165, 1.54) is 31.6 Å². The fourth-order valence-electron chi connectivity index (χ4n) is 2.96. The van der Waals surface area contributed by atoms with Gasteiger partial charge in [-0.25, -0.2) is 28.7 Å². The number of methoxy groups -OCH3 is 1. The van der Waals surface area contributed by atoms with E-state index in [0.717, 1.165) is 24.5 Å². The first-order valence-electron chi connectivity index (χ1n) is 10.5. The van der Waals surface area contributed by atoms with Gasteiger partial charge >= 0.3 is 0 Å². The summed E-state index contributed by atoms with van der Waals surface area (Å²) in [6.45, 7) is 0. The van der Waals surface area contributed by atoms with Crippen LogP contribution < -0.4 is 26.8 Å². The van der Waals surface area contributed by atoms with Crippen LogP contribution in [0.25, 0.3) is 0 Å². The smallest absolute Gasteiger partial charge is 0.262 e. The number of aromatic hydroxyl groups is 1. The van der Waals surface area contributed by atoms with Crippen LogP contribution in [0.3, 0.4) is 0 Å². The lowest BCUT2D eigenvalue weighted by Crippen LogP contribution is -2.16. The molecule has 0 atom stereocenters. The SMILES string of the molecule is COc1cc(F)cc(NC(=O)c2c(N)ncnc2Cl)c1.Nc1ncnc(Br)c1C(=O)Nc1cc(O)cc(F)c1. The lowest BCUT2D eigenvalue weighted by molar-refractivity contribution is 0.101. The molecule has 0 spiro atoms. The number of anilines is 4. The second-order valence-electron chi connectivity index (χ2n) is 7.34. The molecule has 16 heteroatoms. The standard InChI is InChI=1S/C12H10ClFN4O2.C11H8BrFN4O2/c1-20-8-3-6(14)2-7(4-8)18-12(19)9-10(13)16-5-17-11(9)15;12-9-8(10(14)16-4-15-9)11(19)17-6-1-5(13)2-7(18)3-6/h2-5H,1H3,(H,18,19)(H2,15,16,17);1-4,18H,(H,17,19)(H2,14,15,16). The van der Waals surface area contributed by atoms with Gasteiger partial charge in [0.25, 0.3) is 11.8 Å². The summed E-state index contributed by atoms with van der Waals surface area (Å²) in [5.74, 6) is -2.59. The molecule has 0 aliphatic carbocycles. The number of amides is 2. The molecule has 2 heterocycles. The first-order valence-corrected chi connectivity index (χ1v) is 11.6. The molecule has 0 aliphatic heterocycles. The summed E-state index contributed by atoms with van der Waals surface area (Å²) in [5.41, 5.74) is 11.4. The Hall–Kier alpha value is -4.63. The van der Waals surface area contributed by atoms with Crippen LogP contribution in [0.15, 0.2) is 53.7 Å².